The minimum Gasteiger partial charge on any atom is -0.459 e. The first kappa shape index (κ1) is 24.9. The fourth-order valence-electron chi connectivity index (χ4n) is 4.47. The summed E-state index contributed by atoms with van der Waals surface area (Å²) in [6, 6.07) is 0. The maximum atomic E-state index is 12.2. The lowest BCUT2D eigenvalue weighted by Crippen LogP contribution is -2.54. The first-order valence-electron chi connectivity index (χ1n) is 12.0. The van der Waals surface area contributed by atoms with Crippen molar-refractivity contribution in [3.8, 4) is 0 Å². The van der Waals surface area contributed by atoms with Crippen LogP contribution in [0.5, 0.6) is 0 Å². The molecule has 180 valence electrons. The first-order valence-corrected chi connectivity index (χ1v) is 12.0. The predicted octanol–water partition coefficient (Wildman–Crippen LogP) is 2.81. The molecule has 0 unspecified atom stereocenters. The lowest BCUT2D eigenvalue weighted by molar-refractivity contribution is -0.337. The van der Waals surface area contributed by atoms with Crippen LogP contribution in [0, 0.1) is 0 Å². The molecule has 31 heavy (non-hydrogen) atoms. The summed E-state index contributed by atoms with van der Waals surface area (Å²) >= 11 is 0. The standard InChI is InChI=1S/C23H40O8/c1-14-10-8-6-4-5-7-9-11-21(26)30-19-13-18(25)22(29-16(19)3)31-20-12-17(24)15(2)28-23(20)27-14/h14-20,22-25H,4-13H2,1-3H3/t14-,15+,16+,17-,18-,19-,20-,22+,23-/m1/s1. The van der Waals surface area contributed by atoms with Crippen LogP contribution in [0.2, 0.25) is 0 Å². The molecule has 0 saturated carbocycles. The van der Waals surface area contributed by atoms with Crippen molar-refractivity contribution >= 4 is 5.97 Å². The van der Waals surface area contributed by atoms with Crippen LogP contribution >= 0.6 is 0 Å². The molecule has 4 rings (SSSR count). The molecule has 0 radical (unpaired) electrons. The Morgan fingerprint density at radius 1 is 0.710 bits per heavy atom. The zero-order valence-electron chi connectivity index (χ0n) is 19.1. The van der Waals surface area contributed by atoms with E-state index in [-0.39, 0.29) is 24.6 Å². The van der Waals surface area contributed by atoms with Crippen LogP contribution in [-0.2, 0) is 28.5 Å². The lowest BCUT2D eigenvalue weighted by Gasteiger charge is -2.43. The van der Waals surface area contributed by atoms with Gasteiger partial charge >= 0.3 is 5.97 Å². The Hall–Kier alpha value is -0.770. The highest BCUT2D eigenvalue weighted by Crippen LogP contribution is 2.31. The van der Waals surface area contributed by atoms with Gasteiger partial charge in [0.1, 0.15) is 18.3 Å². The molecule has 4 aliphatic heterocycles. The summed E-state index contributed by atoms with van der Waals surface area (Å²) in [6.45, 7) is 5.66. The van der Waals surface area contributed by atoms with Crippen LogP contribution < -0.4 is 0 Å². The lowest BCUT2D eigenvalue weighted by atomic mass is 10.0. The Balaban J connectivity index is 1.69. The molecule has 4 heterocycles. The van der Waals surface area contributed by atoms with Crippen molar-refractivity contribution in [3.05, 3.63) is 0 Å². The molecule has 0 aromatic heterocycles. The van der Waals surface area contributed by atoms with Crippen LogP contribution in [0.3, 0.4) is 0 Å². The molecule has 0 aromatic rings. The van der Waals surface area contributed by atoms with E-state index in [9.17, 15) is 15.0 Å². The van der Waals surface area contributed by atoms with E-state index in [1.54, 1.807) is 0 Å². The van der Waals surface area contributed by atoms with Gasteiger partial charge in [-0.2, -0.15) is 0 Å². The molecule has 8 nitrogen and oxygen atoms in total. The molecule has 4 saturated heterocycles. The molecule has 2 N–H and O–H groups in total. The Morgan fingerprint density at radius 2 is 1.35 bits per heavy atom. The minimum atomic E-state index is -0.953. The number of carbonyl (C=O) groups excluding carboxylic acids is 1. The molecule has 4 aliphatic rings. The molecule has 9 atom stereocenters. The number of esters is 1. The highest BCUT2D eigenvalue weighted by Gasteiger charge is 2.43. The van der Waals surface area contributed by atoms with Gasteiger partial charge in [0, 0.05) is 19.3 Å². The van der Waals surface area contributed by atoms with Crippen molar-refractivity contribution in [2.24, 2.45) is 0 Å². The van der Waals surface area contributed by atoms with Gasteiger partial charge in [-0.25, -0.2) is 0 Å². The second kappa shape index (κ2) is 11.9. The van der Waals surface area contributed by atoms with E-state index in [2.05, 4.69) is 0 Å². The van der Waals surface area contributed by atoms with E-state index < -0.39 is 43.1 Å². The normalized spacial score (nSPS) is 44.4. The fourth-order valence-corrected chi connectivity index (χ4v) is 4.47. The average Bonchev–Trinajstić information content (AvgIpc) is 2.70. The number of carbonyl (C=O) groups is 1. The van der Waals surface area contributed by atoms with Crippen molar-refractivity contribution in [1.29, 1.82) is 0 Å². The fraction of sp³-hybridized carbons (Fsp3) is 0.957. The number of aliphatic hydroxyl groups is 2. The number of ether oxygens (including phenoxy) is 5. The summed E-state index contributed by atoms with van der Waals surface area (Å²) in [7, 11) is 0. The van der Waals surface area contributed by atoms with E-state index in [0.29, 0.717) is 12.8 Å². The maximum absolute atomic E-state index is 12.2. The molecule has 4 fully saturated rings. The number of hydrogen-bond donors (Lipinski definition) is 2. The van der Waals surface area contributed by atoms with E-state index in [1.165, 1.54) is 0 Å². The van der Waals surface area contributed by atoms with Crippen molar-refractivity contribution in [2.75, 3.05) is 0 Å². The topological polar surface area (TPSA) is 104 Å². The van der Waals surface area contributed by atoms with Crippen molar-refractivity contribution < 1.29 is 38.7 Å². The van der Waals surface area contributed by atoms with Crippen LogP contribution in [0.25, 0.3) is 0 Å². The number of rotatable bonds is 0. The van der Waals surface area contributed by atoms with Gasteiger partial charge in [-0.15, -0.1) is 0 Å². The zero-order chi connectivity index (χ0) is 22.4. The van der Waals surface area contributed by atoms with Gasteiger partial charge in [0.15, 0.2) is 12.6 Å². The minimum absolute atomic E-state index is 0.00727. The first-order chi connectivity index (χ1) is 14.8. The number of fused-ring (bicyclic) bond motifs is 13. The van der Waals surface area contributed by atoms with E-state index >= 15 is 0 Å². The van der Waals surface area contributed by atoms with Gasteiger partial charge in [0.2, 0.25) is 0 Å². The highest BCUT2D eigenvalue weighted by molar-refractivity contribution is 5.69. The van der Waals surface area contributed by atoms with E-state index in [1.807, 2.05) is 20.8 Å². The quantitative estimate of drug-likeness (QED) is 0.550. The van der Waals surface area contributed by atoms with Gasteiger partial charge in [-0.05, 0) is 33.6 Å². The monoisotopic (exact) mass is 444 g/mol. The molecule has 2 bridgehead atoms. The van der Waals surface area contributed by atoms with Gasteiger partial charge in [0.25, 0.3) is 0 Å². The van der Waals surface area contributed by atoms with Crippen LogP contribution in [0.15, 0.2) is 0 Å². The summed E-state index contributed by atoms with van der Waals surface area (Å²) in [5, 5.41) is 20.9. The number of aliphatic hydroxyl groups excluding tert-OH is 2. The summed E-state index contributed by atoms with van der Waals surface area (Å²) in [5.74, 6) is -0.245. The Labute approximate surface area is 185 Å². The summed E-state index contributed by atoms with van der Waals surface area (Å²) < 4.78 is 29.6. The third kappa shape index (κ3) is 7.37. The Morgan fingerprint density at radius 3 is 2.13 bits per heavy atom. The van der Waals surface area contributed by atoms with E-state index in [4.69, 9.17) is 23.7 Å². The summed E-state index contributed by atoms with van der Waals surface area (Å²) in [5.41, 5.74) is 0. The predicted molar refractivity (Wildman–Crippen MR) is 112 cm³/mol. The highest BCUT2D eigenvalue weighted by atomic mass is 16.7. The van der Waals surface area contributed by atoms with Crippen molar-refractivity contribution in [2.45, 2.75) is 140 Å². The number of hydrogen-bond acceptors (Lipinski definition) is 8. The molecule has 0 spiro atoms. The molecule has 0 aromatic carbocycles. The smallest absolute Gasteiger partial charge is 0.306 e. The van der Waals surface area contributed by atoms with Crippen LogP contribution in [0.1, 0.15) is 85.0 Å². The molecular formula is C23H40O8. The van der Waals surface area contributed by atoms with Gasteiger partial charge in [-0.3, -0.25) is 4.79 Å². The molecule has 8 heteroatoms. The summed E-state index contributed by atoms with van der Waals surface area (Å²) in [6.07, 6.45) is 3.08. The SMILES string of the molecule is C[C@@H]1CCCCCCCCC(=O)O[C@@H]2C[C@@H](O)[C@@H](O[C@H]2C)O[C@@H]2C[C@@H](O)[C@H](C)O[C@H]2O1. The van der Waals surface area contributed by atoms with E-state index in [0.717, 1.165) is 44.9 Å². The van der Waals surface area contributed by atoms with Gasteiger partial charge in [0.05, 0.1) is 24.4 Å². The second-order valence-corrected chi connectivity index (χ2v) is 9.33. The average molecular weight is 445 g/mol. The third-order valence-corrected chi connectivity index (χ3v) is 6.53. The molecule has 0 aliphatic carbocycles. The third-order valence-electron chi connectivity index (χ3n) is 6.53. The maximum Gasteiger partial charge on any atom is 0.306 e. The van der Waals surface area contributed by atoms with Crippen molar-refractivity contribution in [3.63, 3.8) is 0 Å². The van der Waals surface area contributed by atoms with Gasteiger partial charge < -0.3 is 33.9 Å². The second-order valence-electron chi connectivity index (χ2n) is 9.33. The van der Waals surface area contributed by atoms with Crippen LogP contribution in [0.4, 0.5) is 0 Å². The Kier molecular flexibility index (Phi) is 9.55. The molecule has 0 amide bonds. The van der Waals surface area contributed by atoms with Crippen LogP contribution in [-0.4, -0.2) is 71.5 Å². The summed E-state index contributed by atoms with van der Waals surface area (Å²) in [4.78, 5) is 12.2. The Bertz CT molecular complexity index is 558. The zero-order valence-corrected chi connectivity index (χ0v) is 19.1. The largest absolute Gasteiger partial charge is 0.459 e. The van der Waals surface area contributed by atoms with Crippen molar-refractivity contribution in [1.82, 2.24) is 0 Å². The van der Waals surface area contributed by atoms with Gasteiger partial charge in [-0.1, -0.05) is 32.1 Å². The molecular weight excluding hydrogens is 404 g/mol.